The first-order valence-electron chi connectivity index (χ1n) is 6.24. The zero-order valence-corrected chi connectivity index (χ0v) is 11.4. The molecule has 8 heteroatoms. The number of carboxylic acid groups (broad SMARTS) is 1. The van der Waals surface area contributed by atoms with Crippen LogP contribution < -0.4 is 4.90 Å². The van der Waals surface area contributed by atoms with Crippen LogP contribution in [0.2, 0.25) is 5.02 Å². The molecule has 1 aliphatic heterocycles. The minimum atomic E-state index is -0.796. The van der Waals surface area contributed by atoms with E-state index in [2.05, 4.69) is 4.98 Å². The Hall–Kier alpha value is -1.89. The molecule has 0 aliphatic carbocycles. The molecule has 1 saturated heterocycles. The number of aliphatic carboxylic acids is 1. The monoisotopic (exact) mass is 299 g/mol. The summed E-state index contributed by atoms with van der Waals surface area (Å²) in [6.07, 6.45) is 2.84. The predicted octanol–water partition coefficient (Wildman–Crippen LogP) is 2.33. The van der Waals surface area contributed by atoms with Crippen molar-refractivity contribution >= 4 is 29.1 Å². The van der Waals surface area contributed by atoms with Gasteiger partial charge in [-0.1, -0.05) is 11.6 Å². The standard InChI is InChI=1S/C12H14ClN3O4/c13-10-5-9(16(19)20)6-14-12(10)15-4-3-8(7-15)1-2-11(17)18/h5-6,8H,1-4,7H2,(H,17,18). The summed E-state index contributed by atoms with van der Waals surface area (Å²) < 4.78 is 0. The third kappa shape index (κ3) is 3.36. The molecule has 2 heterocycles. The Kier molecular flexibility index (Phi) is 4.39. The lowest BCUT2D eigenvalue weighted by Crippen LogP contribution is -2.21. The molecule has 20 heavy (non-hydrogen) atoms. The third-order valence-electron chi connectivity index (χ3n) is 3.37. The maximum Gasteiger partial charge on any atom is 0.303 e. The van der Waals surface area contributed by atoms with E-state index in [1.165, 1.54) is 12.3 Å². The molecule has 0 spiro atoms. The van der Waals surface area contributed by atoms with Crippen LogP contribution in [0.5, 0.6) is 0 Å². The van der Waals surface area contributed by atoms with Gasteiger partial charge in [-0.25, -0.2) is 4.98 Å². The quantitative estimate of drug-likeness (QED) is 0.662. The van der Waals surface area contributed by atoms with Crippen LogP contribution in [0.4, 0.5) is 11.5 Å². The van der Waals surface area contributed by atoms with E-state index in [0.29, 0.717) is 24.7 Å². The van der Waals surface area contributed by atoms with E-state index in [4.69, 9.17) is 16.7 Å². The van der Waals surface area contributed by atoms with Crippen molar-refractivity contribution in [2.24, 2.45) is 5.92 Å². The van der Waals surface area contributed by atoms with Crippen molar-refractivity contribution in [1.29, 1.82) is 0 Å². The molecule has 1 aliphatic rings. The summed E-state index contributed by atoms with van der Waals surface area (Å²) in [7, 11) is 0. The molecule has 0 radical (unpaired) electrons. The van der Waals surface area contributed by atoms with Gasteiger partial charge in [0.1, 0.15) is 12.0 Å². The summed E-state index contributed by atoms with van der Waals surface area (Å²) >= 11 is 6.03. The van der Waals surface area contributed by atoms with E-state index >= 15 is 0 Å². The minimum Gasteiger partial charge on any atom is -0.481 e. The van der Waals surface area contributed by atoms with Crippen molar-refractivity contribution in [1.82, 2.24) is 4.98 Å². The second kappa shape index (κ2) is 6.04. The molecule has 2 rings (SSSR count). The number of carboxylic acids is 1. The molecule has 0 saturated carbocycles. The van der Waals surface area contributed by atoms with Crippen LogP contribution in [-0.2, 0) is 4.79 Å². The number of anilines is 1. The molecule has 0 aromatic carbocycles. The van der Waals surface area contributed by atoms with Crippen molar-refractivity contribution < 1.29 is 14.8 Å². The summed E-state index contributed by atoms with van der Waals surface area (Å²) in [5, 5.41) is 19.5. The second-order valence-electron chi connectivity index (χ2n) is 4.79. The van der Waals surface area contributed by atoms with Gasteiger partial charge < -0.3 is 10.0 Å². The molecule has 1 aromatic heterocycles. The molecule has 0 bridgehead atoms. The number of halogens is 1. The van der Waals surface area contributed by atoms with Crippen molar-refractivity contribution in [3.05, 3.63) is 27.4 Å². The Morgan fingerprint density at radius 3 is 3.00 bits per heavy atom. The summed E-state index contributed by atoms with van der Waals surface area (Å²) in [4.78, 5) is 26.6. The van der Waals surface area contributed by atoms with Crippen LogP contribution >= 0.6 is 11.6 Å². The molecule has 7 nitrogen and oxygen atoms in total. The number of aromatic nitrogens is 1. The molecule has 1 aromatic rings. The van der Waals surface area contributed by atoms with Gasteiger partial charge in [0, 0.05) is 25.6 Å². The largest absolute Gasteiger partial charge is 0.481 e. The highest BCUT2D eigenvalue weighted by molar-refractivity contribution is 6.33. The van der Waals surface area contributed by atoms with Crippen LogP contribution in [0, 0.1) is 16.0 Å². The zero-order chi connectivity index (χ0) is 14.7. The second-order valence-corrected chi connectivity index (χ2v) is 5.20. The van der Waals surface area contributed by atoms with E-state index in [-0.39, 0.29) is 17.1 Å². The van der Waals surface area contributed by atoms with Gasteiger partial charge in [-0.2, -0.15) is 0 Å². The fourth-order valence-corrected chi connectivity index (χ4v) is 2.62. The molecule has 108 valence electrons. The Morgan fingerprint density at radius 2 is 2.40 bits per heavy atom. The average molecular weight is 300 g/mol. The first-order valence-corrected chi connectivity index (χ1v) is 6.62. The van der Waals surface area contributed by atoms with Crippen LogP contribution in [-0.4, -0.2) is 34.1 Å². The number of hydrogen-bond acceptors (Lipinski definition) is 5. The fraction of sp³-hybridized carbons (Fsp3) is 0.500. The maximum atomic E-state index is 10.6. The van der Waals surface area contributed by atoms with Crippen LogP contribution in [0.15, 0.2) is 12.3 Å². The molecule has 1 N–H and O–H groups in total. The van der Waals surface area contributed by atoms with Crippen molar-refractivity contribution in [3.8, 4) is 0 Å². The molecule has 1 atom stereocenters. The number of nitrogens with zero attached hydrogens (tertiary/aromatic N) is 3. The lowest BCUT2D eigenvalue weighted by Gasteiger charge is -2.18. The van der Waals surface area contributed by atoms with Crippen molar-refractivity contribution in [3.63, 3.8) is 0 Å². The predicted molar refractivity (Wildman–Crippen MR) is 73.1 cm³/mol. The van der Waals surface area contributed by atoms with Gasteiger partial charge in [0.2, 0.25) is 0 Å². The Labute approximate surface area is 120 Å². The molecule has 0 amide bonds. The number of carbonyl (C=O) groups is 1. The lowest BCUT2D eigenvalue weighted by molar-refractivity contribution is -0.385. The lowest BCUT2D eigenvalue weighted by atomic mass is 10.0. The highest BCUT2D eigenvalue weighted by Gasteiger charge is 2.26. The van der Waals surface area contributed by atoms with Crippen LogP contribution in [0.25, 0.3) is 0 Å². The molecule has 1 unspecified atom stereocenters. The van der Waals surface area contributed by atoms with E-state index in [1.54, 1.807) is 0 Å². The average Bonchev–Trinajstić information content (AvgIpc) is 2.84. The van der Waals surface area contributed by atoms with Gasteiger partial charge in [0.25, 0.3) is 5.69 Å². The van der Waals surface area contributed by atoms with Gasteiger partial charge in [0.05, 0.1) is 9.95 Å². The van der Waals surface area contributed by atoms with Gasteiger partial charge in [0.15, 0.2) is 0 Å². The Morgan fingerprint density at radius 1 is 1.65 bits per heavy atom. The highest BCUT2D eigenvalue weighted by Crippen LogP contribution is 2.31. The Bertz CT molecular complexity index is 537. The molecular formula is C12H14ClN3O4. The smallest absolute Gasteiger partial charge is 0.303 e. The summed E-state index contributed by atoms with van der Waals surface area (Å²) in [6.45, 7) is 1.41. The number of rotatable bonds is 5. The van der Waals surface area contributed by atoms with Crippen LogP contribution in [0.3, 0.4) is 0 Å². The maximum absolute atomic E-state index is 10.6. The van der Waals surface area contributed by atoms with Crippen molar-refractivity contribution in [2.45, 2.75) is 19.3 Å². The summed E-state index contributed by atoms with van der Waals surface area (Å²) in [5.41, 5.74) is -0.139. The van der Waals surface area contributed by atoms with Gasteiger partial charge in [-0.3, -0.25) is 14.9 Å². The SMILES string of the molecule is O=C(O)CCC1CCN(c2ncc([N+](=O)[O-])cc2Cl)C1. The molecular weight excluding hydrogens is 286 g/mol. The zero-order valence-electron chi connectivity index (χ0n) is 10.7. The van der Waals surface area contributed by atoms with Gasteiger partial charge in [-0.15, -0.1) is 0 Å². The van der Waals surface area contributed by atoms with E-state index < -0.39 is 10.9 Å². The van der Waals surface area contributed by atoms with Gasteiger partial charge in [-0.05, 0) is 18.8 Å². The minimum absolute atomic E-state index is 0.139. The highest BCUT2D eigenvalue weighted by atomic mass is 35.5. The number of pyridine rings is 1. The normalized spacial score (nSPS) is 18.2. The van der Waals surface area contributed by atoms with E-state index in [9.17, 15) is 14.9 Å². The first-order chi connectivity index (χ1) is 9.47. The summed E-state index contributed by atoms with van der Waals surface area (Å²) in [6, 6.07) is 1.29. The fourth-order valence-electron chi connectivity index (χ4n) is 2.34. The first kappa shape index (κ1) is 14.5. The van der Waals surface area contributed by atoms with Gasteiger partial charge >= 0.3 is 5.97 Å². The number of nitro groups is 1. The van der Waals surface area contributed by atoms with Crippen molar-refractivity contribution in [2.75, 3.05) is 18.0 Å². The van der Waals surface area contributed by atoms with E-state index in [1.807, 2.05) is 4.90 Å². The van der Waals surface area contributed by atoms with E-state index in [0.717, 1.165) is 13.0 Å². The van der Waals surface area contributed by atoms with Crippen LogP contribution in [0.1, 0.15) is 19.3 Å². The Balaban J connectivity index is 2.03. The number of hydrogen-bond donors (Lipinski definition) is 1. The topological polar surface area (TPSA) is 96.6 Å². The molecule has 1 fully saturated rings. The summed E-state index contributed by atoms with van der Waals surface area (Å²) in [5.74, 6) is 0.0178. The third-order valence-corrected chi connectivity index (χ3v) is 3.65.